The van der Waals surface area contributed by atoms with Gasteiger partial charge < -0.3 is 25.8 Å². The predicted octanol–water partition coefficient (Wildman–Crippen LogP) is -0.670. The van der Waals surface area contributed by atoms with Gasteiger partial charge >= 0.3 is 24.0 Å². The number of hydrazine groups is 1. The number of β-lactam (4-membered cyclic amide) rings is 1. The Morgan fingerprint density at radius 3 is 2.69 bits per heavy atom. The summed E-state index contributed by atoms with van der Waals surface area (Å²) in [4.78, 5) is 74.7. The number of aliphatic carboxylic acids is 1. The fourth-order valence-corrected chi connectivity index (χ4v) is 5.91. The van der Waals surface area contributed by atoms with Gasteiger partial charge in [0, 0.05) is 29.7 Å². The molecule has 2 saturated heterocycles. The molecule has 3 aliphatic heterocycles. The summed E-state index contributed by atoms with van der Waals surface area (Å²) in [6.07, 6.45) is 0. The lowest BCUT2D eigenvalue weighted by Gasteiger charge is -2.49. The molecular weight excluding hydrogens is 516 g/mol. The lowest BCUT2D eigenvalue weighted by Crippen LogP contribution is -2.71. The molecular formula is C20H22N6O8S2. The number of thioether (sulfide) groups is 1. The molecule has 6 amide bonds. The molecule has 16 heteroatoms. The molecule has 2 fully saturated rings. The van der Waals surface area contributed by atoms with E-state index in [0.29, 0.717) is 11.4 Å². The van der Waals surface area contributed by atoms with Crippen LogP contribution in [0.1, 0.15) is 17.8 Å². The fraction of sp³-hybridized carbons (Fsp3) is 0.400. The number of urea groups is 2. The van der Waals surface area contributed by atoms with Crippen molar-refractivity contribution in [2.24, 2.45) is 0 Å². The zero-order valence-electron chi connectivity index (χ0n) is 18.8. The summed E-state index contributed by atoms with van der Waals surface area (Å²) in [5.74, 6) is -3.06. The maximum atomic E-state index is 13.2. The van der Waals surface area contributed by atoms with Gasteiger partial charge in [0.1, 0.15) is 29.8 Å². The van der Waals surface area contributed by atoms with Gasteiger partial charge in [0.25, 0.3) is 5.91 Å². The summed E-state index contributed by atoms with van der Waals surface area (Å²) < 4.78 is 4.91. The highest BCUT2D eigenvalue weighted by molar-refractivity contribution is 8.00. The normalized spacial score (nSPS) is 21.7. The number of carboxylic acids is 1. The molecule has 36 heavy (non-hydrogen) atoms. The summed E-state index contributed by atoms with van der Waals surface area (Å²) in [6, 6.07) is -0.138. The van der Waals surface area contributed by atoms with Crippen LogP contribution in [0.3, 0.4) is 0 Å². The first kappa shape index (κ1) is 25.3. The number of hydrogen-bond acceptors (Lipinski definition) is 9. The Hall–Kier alpha value is -3.79. The molecule has 4 rings (SSSR count). The van der Waals surface area contributed by atoms with Gasteiger partial charge in [-0.25, -0.2) is 24.8 Å². The van der Waals surface area contributed by atoms with E-state index in [2.05, 4.69) is 21.4 Å². The number of ether oxygens (including phenoxy) is 1. The number of rotatable bonds is 8. The summed E-state index contributed by atoms with van der Waals surface area (Å²) in [6.45, 7) is 1.55. The van der Waals surface area contributed by atoms with Crippen molar-refractivity contribution < 1.29 is 38.6 Å². The van der Waals surface area contributed by atoms with Crippen LogP contribution >= 0.6 is 23.1 Å². The highest BCUT2D eigenvalue weighted by Gasteiger charge is 2.54. The lowest BCUT2D eigenvalue weighted by atomic mass is 10.0. The highest BCUT2D eigenvalue weighted by atomic mass is 32.2. The first-order valence-corrected chi connectivity index (χ1v) is 12.6. The molecule has 0 aromatic carbocycles. The number of nitrogens with one attached hydrogen (secondary N) is 4. The number of amides is 6. The number of carbonyl (C=O) groups is 6. The van der Waals surface area contributed by atoms with Crippen molar-refractivity contribution in [3.05, 3.63) is 33.7 Å². The van der Waals surface area contributed by atoms with Crippen molar-refractivity contribution in [3.63, 3.8) is 0 Å². The van der Waals surface area contributed by atoms with Crippen LogP contribution in [0.4, 0.5) is 9.59 Å². The second-order valence-corrected chi connectivity index (χ2v) is 9.94. The lowest BCUT2D eigenvalue weighted by molar-refractivity contribution is -0.151. The van der Waals surface area contributed by atoms with Gasteiger partial charge in [0.2, 0.25) is 5.91 Å². The zero-order chi connectivity index (χ0) is 26.0. The Balaban J connectivity index is 1.45. The van der Waals surface area contributed by atoms with Crippen LogP contribution in [-0.4, -0.2) is 87.7 Å². The van der Waals surface area contributed by atoms with Crippen molar-refractivity contribution in [2.75, 3.05) is 25.4 Å². The van der Waals surface area contributed by atoms with Crippen molar-refractivity contribution in [3.8, 4) is 0 Å². The van der Waals surface area contributed by atoms with E-state index in [1.165, 1.54) is 30.0 Å². The average molecular weight is 539 g/mol. The number of hydrogen-bond donors (Lipinski definition) is 5. The van der Waals surface area contributed by atoms with Crippen molar-refractivity contribution >= 4 is 58.9 Å². The van der Waals surface area contributed by atoms with Crippen LogP contribution in [0.2, 0.25) is 0 Å². The number of carbonyl (C=O) groups excluding carboxylic acids is 5. The molecule has 0 bridgehead atoms. The molecule has 4 heterocycles. The number of carboxylic acid groups (broad SMARTS) is 1. The Bertz CT molecular complexity index is 1140. The van der Waals surface area contributed by atoms with Gasteiger partial charge in [0.15, 0.2) is 0 Å². The molecule has 0 aliphatic carbocycles. The van der Waals surface area contributed by atoms with Crippen molar-refractivity contribution in [2.45, 2.75) is 24.4 Å². The second-order valence-electron chi connectivity index (χ2n) is 7.85. The van der Waals surface area contributed by atoms with Crippen LogP contribution in [0.25, 0.3) is 0 Å². The quantitative estimate of drug-likeness (QED) is 0.211. The Labute approximate surface area is 212 Å². The number of nitrogens with zero attached hydrogens (tertiary/aromatic N) is 2. The molecule has 14 nitrogen and oxygen atoms in total. The third kappa shape index (κ3) is 5.08. The molecule has 0 radical (unpaired) electrons. The molecule has 192 valence electrons. The highest BCUT2D eigenvalue weighted by Crippen LogP contribution is 2.40. The van der Waals surface area contributed by atoms with Crippen LogP contribution in [-0.2, 0) is 23.9 Å². The molecule has 3 aliphatic rings. The SMILES string of the molecule is CC(=O)OCC1=C(C(=O)O)N2C(=O)[C@H](NC(=O)C(NC(=O)NN3CCNC3=O)c3cccs3)C2SC1. The molecule has 0 spiro atoms. The van der Waals surface area contributed by atoms with Crippen molar-refractivity contribution in [1.82, 2.24) is 31.3 Å². The molecule has 1 aromatic rings. The summed E-state index contributed by atoms with van der Waals surface area (Å²) in [7, 11) is 0. The minimum atomic E-state index is -1.35. The smallest absolute Gasteiger partial charge is 0.352 e. The average Bonchev–Trinajstić information content (AvgIpc) is 3.50. The van der Waals surface area contributed by atoms with E-state index >= 15 is 0 Å². The minimum Gasteiger partial charge on any atom is -0.477 e. The van der Waals surface area contributed by atoms with E-state index in [1.807, 2.05) is 0 Å². The Kier molecular flexibility index (Phi) is 7.35. The van der Waals surface area contributed by atoms with Gasteiger partial charge in [-0.1, -0.05) is 6.07 Å². The summed E-state index contributed by atoms with van der Waals surface area (Å²) in [5.41, 5.74) is 2.37. The standard InChI is InChI=1S/C20H22N6O8S2/c1-9(27)34-7-10-8-36-17-13(16(29)26(17)14(10)18(30)31)22-15(28)12(11-3-2-6-35-11)23-19(32)24-25-5-4-21-20(25)33/h2-3,6,12-13,17H,4-5,7-8H2,1H3,(H,21,33)(H,22,28)(H,30,31)(H2,23,24,32)/t12?,13-,17?/m0/s1. The topological polar surface area (TPSA) is 186 Å². The summed E-state index contributed by atoms with van der Waals surface area (Å²) in [5, 5.41) is 19.4. The zero-order valence-corrected chi connectivity index (χ0v) is 20.4. The van der Waals surface area contributed by atoms with Gasteiger partial charge in [-0.15, -0.1) is 23.1 Å². The molecule has 5 N–H and O–H groups in total. The monoisotopic (exact) mass is 538 g/mol. The van der Waals surface area contributed by atoms with Crippen LogP contribution < -0.4 is 21.4 Å². The van der Waals surface area contributed by atoms with Crippen LogP contribution in [0, 0.1) is 0 Å². The number of esters is 1. The first-order valence-electron chi connectivity index (χ1n) is 10.7. The third-order valence-electron chi connectivity index (χ3n) is 5.46. The predicted molar refractivity (Wildman–Crippen MR) is 125 cm³/mol. The second kappa shape index (κ2) is 10.4. The van der Waals surface area contributed by atoms with Crippen LogP contribution in [0.5, 0.6) is 0 Å². The molecule has 2 unspecified atom stereocenters. The molecule has 3 atom stereocenters. The van der Waals surface area contributed by atoms with E-state index < -0.39 is 53.3 Å². The molecule has 0 saturated carbocycles. The Morgan fingerprint density at radius 1 is 1.31 bits per heavy atom. The largest absolute Gasteiger partial charge is 0.477 e. The van der Waals surface area contributed by atoms with E-state index in [-0.39, 0.29) is 30.2 Å². The van der Waals surface area contributed by atoms with E-state index in [4.69, 9.17) is 4.74 Å². The van der Waals surface area contributed by atoms with Gasteiger partial charge in [-0.3, -0.25) is 19.3 Å². The summed E-state index contributed by atoms with van der Waals surface area (Å²) >= 11 is 2.43. The van der Waals surface area contributed by atoms with Crippen LogP contribution in [0.15, 0.2) is 28.8 Å². The maximum absolute atomic E-state index is 13.2. The van der Waals surface area contributed by atoms with Crippen molar-refractivity contribution in [1.29, 1.82) is 0 Å². The fourth-order valence-electron chi connectivity index (χ4n) is 3.81. The van der Waals surface area contributed by atoms with E-state index in [0.717, 1.165) is 9.91 Å². The number of thiophene rings is 1. The molecule has 1 aromatic heterocycles. The van der Waals surface area contributed by atoms with E-state index in [9.17, 15) is 33.9 Å². The number of fused-ring (bicyclic) bond motifs is 1. The van der Waals surface area contributed by atoms with Gasteiger partial charge in [-0.05, 0) is 11.4 Å². The minimum absolute atomic E-state index is 0.183. The first-order chi connectivity index (χ1) is 17.2. The Morgan fingerprint density at radius 2 is 2.08 bits per heavy atom. The van der Waals surface area contributed by atoms with Gasteiger partial charge in [-0.2, -0.15) is 0 Å². The van der Waals surface area contributed by atoms with E-state index in [1.54, 1.807) is 17.5 Å². The van der Waals surface area contributed by atoms with Gasteiger partial charge in [0.05, 0.1) is 6.54 Å². The maximum Gasteiger partial charge on any atom is 0.352 e. The third-order valence-corrected chi connectivity index (χ3v) is 7.73.